The highest BCUT2D eigenvalue weighted by Crippen LogP contribution is 2.26. The van der Waals surface area contributed by atoms with Crippen LogP contribution >= 0.6 is 0 Å². The molecule has 0 aliphatic heterocycles. The quantitative estimate of drug-likeness (QED) is 0.612. The van der Waals surface area contributed by atoms with Crippen LogP contribution in [-0.2, 0) is 13.0 Å². The number of nitrogens with one attached hydrogen (secondary N) is 2. The summed E-state index contributed by atoms with van der Waals surface area (Å²) < 4.78 is 5.44. The van der Waals surface area contributed by atoms with E-state index in [1.165, 1.54) is 0 Å². The Labute approximate surface area is 121 Å². The molecule has 0 fully saturated rings. The Hall–Kier alpha value is -2.71. The van der Waals surface area contributed by atoms with Crippen molar-refractivity contribution in [1.82, 2.24) is 15.0 Å². The van der Waals surface area contributed by atoms with Crippen molar-refractivity contribution in [2.75, 3.05) is 17.7 Å². The molecule has 2 aromatic heterocycles. The molecule has 0 aliphatic carbocycles. The largest absolute Gasteiger partial charge is 0.444 e. The Morgan fingerprint density at radius 3 is 2.76 bits per heavy atom. The number of anilines is 2. The first-order valence-corrected chi connectivity index (χ1v) is 6.43. The third-order valence-electron chi connectivity index (χ3n) is 2.82. The van der Waals surface area contributed by atoms with Gasteiger partial charge in [-0.3, -0.25) is 10.1 Å². The van der Waals surface area contributed by atoms with E-state index >= 15 is 0 Å². The van der Waals surface area contributed by atoms with Gasteiger partial charge in [-0.25, -0.2) is 9.97 Å². The fourth-order valence-corrected chi connectivity index (χ4v) is 1.77. The molecule has 0 aromatic carbocycles. The predicted molar refractivity (Wildman–Crippen MR) is 76.2 cm³/mol. The molecule has 2 heterocycles. The van der Waals surface area contributed by atoms with Gasteiger partial charge in [0.05, 0.1) is 17.7 Å². The van der Waals surface area contributed by atoms with Gasteiger partial charge in [0, 0.05) is 13.5 Å². The van der Waals surface area contributed by atoms with E-state index in [-0.39, 0.29) is 23.7 Å². The molecule has 0 spiro atoms. The van der Waals surface area contributed by atoms with Crippen molar-refractivity contribution >= 4 is 17.5 Å². The highest BCUT2D eigenvalue weighted by Gasteiger charge is 2.22. The molecule has 0 radical (unpaired) electrons. The van der Waals surface area contributed by atoms with E-state index in [1.54, 1.807) is 20.2 Å². The second kappa shape index (κ2) is 6.16. The third kappa shape index (κ3) is 3.25. The summed E-state index contributed by atoms with van der Waals surface area (Å²) in [6, 6.07) is 0. The van der Waals surface area contributed by atoms with Crippen LogP contribution in [0.3, 0.4) is 0 Å². The molecule has 0 saturated heterocycles. The monoisotopic (exact) mass is 292 g/mol. The summed E-state index contributed by atoms with van der Waals surface area (Å²) in [7, 11) is 1.64. The lowest BCUT2D eigenvalue weighted by Crippen LogP contribution is -2.09. The van der Waals surface area contributed by atoms with Crippen molar-refractivity contribution in [3.8, 4) is 0 Å². The van der Waals surface area contributed by atoms with Gasteiger partial charge in [-0.05, 0) is 6.92 Å². The molecule has 0 aliphatic rings. The van der Waals surface area contributed by atoms with Crippen LogP contribution in [0.2, 0.25) is 0 Å². The molecule has 21 heavy (non-hydrogen) atoms. The zero-order valence-electron chi connectivity index (χ0n) is 12.0. The second-order valence-corrected chi connectivity index (χ2v) is 4.26. The van der Waals surface area contributed by atoms with Gasteiger partial charge < -0.3 is 15.1 Å². The number of hydrogen-bond donors (Lipinski definition) is 2. The maximum atomic E-state index is 11.1. The second-order valence-electron chi connectivity index (χ2n) is 4.26. The summed E-state index contributed by atoms with van der Waals surface area (Å²) in [5.74, 6) is 1.65. The molecule has 9 nitrogen and oxygen atoms in total. The van der Waals surface area contributed by atoms with Gasteiger partial charge in [0.1, 0.15) is 11.5 Å². The Kier molecular flexibility index (Phi) is 4.31. The molecule has 9 heteroatoms. The first-order valence-electron chi connectivity index (χ1n) is 6.43. The predicted octanol–water partition coefficient (Wildman–Crippen LogP) is 1.90. The van der Waals surface area contributed by atoms with Crippen molar-refractivity contribution in [2.24, 2.45) is 0 Å². The normalized spacial score (nSPS) is 10.4. The van der Waals surface area contributed by atoms with Crippen LogP contribution in [-0.4, -0.2) is 26.9 Å². The van der Waals surface area contributed by atoms with Crippen molar-refractivity contribution in [2.45, 2.75) is 26.8 Å². The lowest BCUT2D eigenvalue weighted by Gasteiger charge is -2.08. The van der Waals surface area contributed by atoms with E-state index in [0.717, 1.165) is 12.2 Å². The van der Waals surface area contributed by atoms with E-state index in [4.69, 9.17) is 4.42 Å². The molecule has 0 saturated carbocycles. The molecular weight excluding hydrogens is 276 g/mol. The molecule has 2 aromatic rings. The van der Waals surface area contributed by atoms with E-state index in [9.17, 15) is 10.1 Å². The average molecular weight is 292 g/mol. The van der Waals surface area contributed by atoms with Crippen LogP contribution in [0.1, 0.15) is 24.3 Å². The van der Waals surface area contributed by atoms with Crippen LogP contribution in [0, 0.1) is 17.0 Å². The van der Waals surface area contributed by atoms with E-state index in [0.29, 0.717) is 11.8 Å². The third-order valence-corrected chi connectivity index (χ3v) is 2.82. The highest BCUT2D eigenvalue weighted by molar-refractivity contribution is 5.60. The summed E-state index contributed by atoms with van der Waals surface area (Å²) in [5.41, 5.74) is 0.125. The molecular formula is C12H16N6O3. The summed E-state index contributed by atoms with van der Waals surface area (Å²) >= 11 is 0. The molecule has 0 atom stereocenters. The molecule has 2 N–H and O–H groups in total. The fourth-order valence-electron chi connectivity index (χ4n) is 1.77. The van der Waals surface area contributed by atoms with E-state index < -0.39 is 4.92 Å². The Morgan fingerprint density at radius 2 is 2.19 bits per heavy atom. The Morgan fingerprint density at radius 1 is 1.43 bits per heavy atom. The lowest BCUT2D eigenvalue weighted by atomic mass is 10.3. The van der Waals surface area contributed by atoms with Gasteiger partial charge >= 0.3 is 5.69 Å². The molecule has 2 rings (SSSR count). The first kappa shape index (κ1) is 14.7. The summed E-state index contributed by atoms with van der Waals surface area (Å²) in [6.07, 6.45) is 2.37. The number of rotatable bonds is 6. The van der Waals surface area contributed by atoms with E-state index in [2.05, 4.69) is 25.6 Å². The average Bonchev–Trinajstić information content (AvgIpc) is 2.91. The maximum Gasteiger partial charge on any atom is 0.332 e. The van der Waals surface area contributed by atoms with Gasteiger partial charge in [-0.1, -0.05) is 6.92 Å². The van der Waals surface area contributed by atoms with Crippen LogP contribution in [0.15, 0.2) is 10.6 Å². The smallest absolute Gasteiger partial charge is 0.332 e. The van der Waals surface area contributed by atoms with Crippen molar-refractivity contribution in [3.05, 3.63) is 33.7 Å². The number of nitrogens with zero attached hydrogens (tertiary/aromatic N) is 4. The van der Waals surface area contributed by atoms with Crippen LogP contribution in [0.25, 0.3) is 0 Å². The standard InChI is InChI=1S/C12H16N6O3/c1-4-8-5-14-9(21-8)6-15-11-10(18(19)20)7(2)16-12(13-3)17-11/h5H,4,6H2,1-3H3,(H2,13,15,16,17). The minimum Gasteiger partial charge on any atom is -0.444 e. The van der Waals surface area contributed by atoms with Crippen molar-refractivity contribution in [3.63, 3.8) is 0 Å². The SMILES string of the molecule is CCc1cnc(CNc2nc(NC)nc(C)c2[N+](=O)[O-])o1. The minimum absolute atomic E-state index is 0.132. The van der Waals surface area contributed by atoms with Gasteiger partial charge in [0.2, 0.25) is 17.7 Å². The topological polar surface area (TPSA) is 119 Å². The van der Waals surface area contributed by atoms with E-state index in [1.807, 2.05) is 6.92 Å². The Bertz CT molecular complexity index is 654. The number of oxazole rings is 1. The molecule has 112 valence electrons. The lowest BCUT2D eigenvalue weighted by molar-refractivity contribution is -0.385. The summed E-state index contributed by atoms with van der Waals surface area (Å²) in [6.45, 7) is 3.72. The zero-order chi connectivity index (χ0) is 15.4. The van der Waals surface area contributed by atoms with Gasteiger partial charge in [-0.2, -0.15) is 4.98 Å². The van der Waals surface area contributed by atoms with Crippen LogP contribution in [0.4, 0.5) is 17.5 Å². The fraction of sp³-hybridized carbons (Fsp3) is 0.417. The molecule has 0 bridgehead atoms. The molecule has 0 unspecified atom stereocenters. The van der Waals surface area contributed by atoms with Gasteiger partial charge in [0.25, 0.3) is 0 Å². The summed E-state index contributed by atoms with van der Waals surface area (Å²) in [5, 5.41) is 16.8. The number of aromatic nitrogens is 3. The maximum absolute atomic E-state index is 11.1. The number of nitro groups is 1. The van der Waals surface area contributed by atoms with Crippen LogP contribution < -0.4 is 10.6 Å². The zero-order valence-corrected chi connectivity index (χ0v) is 12.0. The minimum atomic E-state index is -0.510. The van der Waals surface area contributed by atoms with Gasteiger partial charge in [0.15, 0.2) is 0 Å². The number of aryl methyl sites for hydroxylation is 2. The van der Waals surface area contributed by atoms with Crippen LogP contribution in [0.5, 0.6) is 0 Å². The number of hydrogen-bond acceptors (Lipinski definition) is 8. The van der Waals surface area contributed by atoms with Gasteiger partial charge in [-0.15, -0.1) is 0 Å². The first-order chi connectivity index (χ1) is 10.0. The molecule has 0 amide bonds. The van der Waals surface area contributed by atoms with Crippen molar-refractivity contribution < 1.29 is 9.34 Å². The highest BCUT2D eigenvalue weighted by atomic mass is 16.6. The summed E-state index contributed by atoms with van der Waals surface area (Å²) in [4.78, 5) is 22.8. The van der Waals surface area contributed by atoms with Crippen molar-refractivity contribution in [1.29, 1.82) is 0 Å². The Balaban J connectivity index is 2.25.